The summed E-state index contributed by atoms with van der Waals surface area (Å²) in [5.74, 6) is -0.181. The van der Waals surface area contributed by atoms with Gasteiger partial charge in [-0.2, -0.15) is 5.10 Å². The van der Waals surface area contributed by atoms with Crippen LogP contribution in [-0.2, 0) is 4.74 Å². The molecule has 2 aliphatic rings. The van der Waals surface area contributed by atoms with Crippen LogP contribution >= 0.6 is 0 Å². The van der Waals surface area contributed by atoms with Crippen LogP contribution in [0.5, 0.6) is 0 Å². The molecule has 0 saturated carbocycles. The second kappa shape index (κ2) is 6.76. The summed E-state index contributed by atoms with van der Waals surface area (Å²) in [7, 11) is 1.59. The molecule has 2 aromatic carbocycles. The average Bonchev–Trinajstić information content (AvgIpc) is 2.79. The van der Waals surface area contributed by atoms with Crippen molar-refractivity contribution in [2.24, 2.45) is 15.2 Å². The van der Waals surface area contributed by atoms with Gasteiger partial charge in [0.15, 0.2) is 5.84 Å². The lowest BCUT2D eigenvalue weighted by Gasteiger charge is -2.28. The van der Waals surface area contributed by atoms with E-state index in [2.05, 4.69) is 15.2 Å². The molecule has 0 atom stereocenters. The minimum atomic E-state index is -0.407. The van der Waals surface area contributed by atoms with Gasteiger partial charge in [0.2, 0.25) is 0 Å². The van der Waals surface area contributed by atoms with Crippen LogP contribution in [0, 0.1) is 11.6 Å². The van der Waals surface area contributed by atoms with E-state index < -0.39 is 11.6 Å². The third kappa shape index (κ3) is 2.90. The number of ether oxygens (including phenoxy) is 1. The average molecular weight is 354 g/mol. The summed E-state index contributed by atoms with van der Waals surface area (Å²) in [5, 5.41) is 8.41. The molecular weight excluding hydrogens is 338 g/mol. The molecule has 7 heteroatoms. The quantitative estimate of drug-likeness (QED) is 0.851. The first-order chi connectivity index (χ1) is 12.7. The van der Waals surface area contributed by atoms with Crippen LogP contribution in [0.25, 0.3) is 0 Å². The fourth-order valence-corrected chi connectivity index (χ4v) is 3.12. The number of rotatable bonds is 3. The number of hydrogen-bond donors (Lipinski definition) is 0. The summed E-state index contributed by atoms with van der Waals surface area (Å²) in [4.78, 5) is 6.45. The van der Waals surface area contributed by atoms with Crippen molar-refractivity contribution in [2.45, 2.75) is 0 Å². The van der Waals surface area contributed by atoms with Crippen LogP contribution in [0.3, 0.4) is 0 Å². The number of anilines is 1. The molecule has 0 spiro atoms. The van der Waals surface area contributed by atoms with Crippen LogP contribution < -0.4 is 4.90 Å². The molecule has 0 N–H and O–H groups in total. The van der Waals surface area contributed by atoms with E-state index >= 15 is 0 Å². The molecule has 5 nitrogen and oxygen atoms in total. The Morgan fingerprint density at radius 2 is 1.92 bits per heavy atom. The normalized spacial score (nSPS) is 16.1. The van der Waals surface area contributed by atoms with Crippen molar-refractivity contribution in [2.75, 3.05) is 31.7 Å². The first-order valence-electron chi connectivity index (χ1n) is 8.15. The number of aliphatic imine (C=N–C) groups is 1. The maximum absolute atomic E-state index is 14.4. The van der Waals surface area contributed by atoms with Crippen LogP contribution in [0.2, 0.25) is 0 Å². The fraction of sp³-hybridized carbons (Fsp3) is 0.211. The predicted octanol–water partition coefficient (Wildman–Crippen LogP) is 3.04. The smallest absolute Gasteiger partial charge is 0.154 e. The fourth-order valence-electron chi connectivity index (χ4n) is 3.12. The zero-order chi connectivity index (χ0) is 18.1. The minimum Gasteiger partial charge on any atom is -0.379 e. The lowest BCUT2D eigenvalue weighted by Crippen LogP contribution is -2.40. The molecule has 0 amide bonds. The Hall–Kier alpha value is -2.93. The van der Waals surface area contributed by atoms with Crippen molar-refractivity contribution in [3.63, 3.8) is 0 Å². The molecule has 0 unspecified atom stereocenters. The van der Waals surface area contributed by atoms with Crippen molar-refractivity contribution in [1.29, 1.82) is 0 Å². The largest absolute Gasteiger partial charge is 0.379 e. The van der Waals surface area contributed by atoms with E-state index in [0.717, 1.165) is 5.71 Å². The lowest BCUT2D eigenvalue weighted by molar-refractivity contribution is 0.244. The number of fused-ring (bicyclic) bond motifs is 3. The molecular formula is C19H16F2N4O. The first-order valence-corrected chi connectivity index (χ1v) is 8.15. The summed E-state index contributed by atoms with van der Waals surface area (Å²) in [5.41, 5.74) is 2.73. The van der Waals surface area contributed by atoms with Gasteiger partial charge in [-0.15, -0.1) is 5.10 Å². The van der Waals surface area contributed by atoms with Gasteiger partial charge in [0.25, 0.3) is 0 Å². The Kier molecular flexibility index (Phi) is 4.30. The van der Waals surface area contributed by atoms with E-state index in [4.69, 9.17) is 4.74 Å². The van der Waals surface area contributed by atoms with E-state index in [9.17, 15) is 8.78 Å². The number of halogens is 2. The standard InChI is InChI=1S/C19H16F2N4O/c1-26-11-13-10-25-17-7-6-12(20)8-15(17)19(22-9-18(25)24-23-13)14-4-2-3-5-16(14)21/h2-8H,9-11H2,1H3. The Morgan fingerprint density at radius 3 is 2.73 bits per heavy atom. The maximum Gasteiger partial charge on any atom is 0.154 e. The molecule has 0 bridgehead atoms. The Bertz CT molecular complexity index is 952. The molecule has 0 saturated heterocycles. The van der Waals surface area contributed by atoms with Gasteiger partial charge >= 0.3 is 0 Å². The molecule has 26 heavy (non-hydrogen) atoms. The molecule has 0 radical (unpaired) electrons. The highest BCUT2D eigenvalue weighted by atomic mass is 19.1. The molecule has 2 aromatic rings. The lowest BCUT2D eigenvalue weighted by atomic mass is 9.99. The van der Waals surface area contributed by atoms with Gasteiger partial charge in [0.1, 0.15) is 11.6 Å². The number of amidine groups is 1. The van der Waals surface area contributed by atoms with Crippen molar-refractivity contribution in [3.8, 4) is 0 Å². The zero-order valence-electron chi connectivity index (χ0n) is 14.1. The van der Waals surface area contributed by atoms with Gasteiger partial charge in [0, 0.05) is 18.2 Å². The minimum absolute atomic E-state index is 0.226. The second-order valence-corrected chi connectivity index (χ2v) is 6.01. The molecule has 4 rings (SSSR count). The van der Waals surface area contributed by atoms with Crippen LogP contribution in [0.15, 0.2) is 57.7 Å². The molecule has 0 aliphatic carbocycles. The monoisotopic (exact) mass is 354 g/mol. The van der Waals surface area contributed by atoms with E-state index in [0.29, 0.717) is 41.5 Å². The summed E-state index contributed by atoms with van der Waals surface area (Å²) >= 11 is 0. The molecule has 2 heterocycles. The number of benzene rings is 2. The van der Waals surface area contributed by atoms with Gasteiger partial charge in [0.05, 0.1) is 36.8 Å². The predicted molar refractivity (Wildman–Crippen MR) is 97.4 cm³/mol. The summed E-state index contributed by atoms with van der Waals surface area (Å²) in [6.07, 6.45) is 0. The van der Waals surface area contributed by atoms with Gasteiger partial charge in [-0.1, -0.05) is 12.1 Å². The molecule has 0 aromatic heterocycles. The second-order valence-electron chi connectivity index (χ2n) is 6.01. The Balaban J connectivity index is 1.87. The first kappa shape index (κ1) is 16.5. The molecule has 2 aliphatic heterocycles. The van der Waals surface area contributed by atoms with E-state index in [1.165, 1.54) is 18.2 Å². The highest BCUT2D eigenvalue weighted by Crippen LogP contribution is 2.29. The van der Waals surface area contributed by atoms with Gasteiger partial charge in [-0.25, -0.2) is 8.78 Å². The summed E-state index contributed by atoms with van der Waals surface area (Å²) in [6.45, 7) is 1.04. The number of methoxy groups -OCH3 is 1. The SMILES string of the molecule is COCC1=NN=C2CN=C(c3ccccc3F)c3cc(F)ccc3N2C1. The van der Waals surface area contributed by atoms with Gasteiger partial charge in [-0.05, 0) is 30.3 Å². The number of nitrogens with zero attached hydrogens (tertiary/aromatic N) is 4. The molecule has 132 valence electrons. The van der Waals surface area contributed by atoms with Gasteiger partial charge < -0.3 is 9.64 Å². The van der Waals surface area contributed by atoms with Crippen molar-refractivity contribution >= 4 is 22.9 Å². The summed E-state index contributed by atoms with van der Waals surface area (Å²) in [6, 6.07) is 10.8. The highest BCUT2D eigenvalue weighted by Gasteiger charge is 2.28. The molecule has 0 fully saturated rings. The maximum atomic E-state index is 14.4. The van der Waals surface area contributed by atoms with Crippen molar-refractivity contribution in [1.82, 2.24) is 0 Å². The third-order valence-corrected chi connectivity index (χ3v) is 4.28. The Labute approximate surface area is 149 Å². The van der Waals surface area contributed by atoms with Crippen LogP contribution in [0.1, 0.15) is 11.1 Å². The van der Waals surface area contributed by atoms with Crippen LogP contribution in [0.4, 0.5) is 14.5 Å². The highest BCUT2D eigenvalue weighted by molar-refractivity contribution is 6.21. The van der Waals surface area contributed by atoms with Crippen molar-refractivity contribution < 1.29 is 13.5 Å². The third-order valence-electron chi connectivity index (χ3n) is 4.28. The van der Waals surface area contributed by atoms with E-state index in [-0.39, 0.29) is 6.54 Å². The van der Waals surface area contributed by atoms with E-state index in [1.807, 2.05) is 4.90 Å². The van der Waals surface area contributed by atoms with Crippen LogP contribution in [-0.4, -0.2) is 44.1 Å². The summed E-state index contributed by atoms with van der Waals surface area (Å²) < 4.78 is 33.5. The van der Waals surface area contributed by atoms with E-state index in [1.54, 1.807) is 31.4 Å². The van der Waals surface area contributed by atoms with Gasteiger partial charge in [-0.3, -0.25) is 4.99 Å². The topological polar surface area (TPSA) is 49.6 Å². The number of hydrogen-bond acceptors (Lipinski definition) is 5. The Morgan fingerprint density at radius 1 is 1.08 bits per heavy atom. The zero-order valence-corrected chi connectivity index (χ0v) is 14.1. The van der Waals surface area contributed by atoms with Crippen molar-refractivity contribution in [3.05, 3.63) is 65.2 Å².